The zero-order chi connectivity index (χ0) is 20.0. The third-order valence-electron chi connectivity index (χ3n) is 3.68. The average molecular weight is 397 g/mol. The Morgan fingerprint density at radius 2 is 1.70 bits per heavy atom. The van der Waals surface area contributed by atoms with Gasteiger partial charge in [0.1, 0.15) is 17.3 Å². The van der Waals surface area contributed by atoms with Crippen molar-refractivity contribution in [2.75, 3.05) is 32.5 Å². The summed E-state index contributed by atoms with van der Waals surface area (Å²) in [5.74, 6) is -2.66. The Morgan fingerprint density at radius 3 is 2.33 bits per heavy atom. The molecular formula is C18H21F2N3O3S. The molecule has 0 atom stereocenters. The van der Waals surface area contributed by atoms with E-state index in [-0.39, 0.29) is 17.0 Å². The predicted octanol–water partition coefficient (Wildman–Crippen LogP) is 2.45. The summed E-state index contributed by atoms with van der Waals surface area (Å²) in [7, 11) is -0.0323. The summed E-state index contributed by atoms with van der Waals surface area (Å²) in [4.78, 5) is 14.1. The number of carbonyl (C=O) groups excluding carboxylic acids is 1. The number of hydrogen-bond donors (Lipinski definition) is 2. The summed E-state index contributed by atoms with van der Waals surface area (Å²) >= 11 is 0. The first-order valence-electron chi connectivity index (χ1n) is 8.20. The molecule has 6 nitrogen and oxygen atoms in total. The highest BCUT2D eigenvalue weighted by Gasteiger charge is 2.18. The number of sulfonamides is 1. The van der Waals surface area contributed by atoms with Crippen molar-refractivity contribution >= 4 is 21.6 Å². The minimum Gasteiger partial charge on any atom is -0.317 e. The number of para-hydroxylation sites is 1. The highest BCUT2D eigenvalue weighted by atomic mass is 32.2. The van der Waals surface area contributed by atoms with E-state index in [4.69, 9.17) is 0 Å². The number of hydrogen-bond acceptors (Lipinski definition) is 4. The van der Waals surface area contributed by atoms with E-state index in [1.165, 1.54) is 24.3 Å². The summed E-state index contributed by atoms with van der Waals surface area (Å²) in [5.41, 5.74) is -0.619. The third-order valence-corrected chi connectivity index (χ3v) is 5.14. The van der Waals surface area contributed by atoms with Crippen LogP contribution in [-0.4, -0.2) is 46.4 Å². The van der Waals surface area contributed by atoms with Gasteiger partial charge in [-0.2, -0.15) is 0 Å². The van der Waals surface area contributed by atoms with Gasteiger partial charge in [0.25, 0.3) is 5.91 Å². The number of halogens is 2. The number of carbonyl (C=O) groups is 1. The number of nitrogens with zero attached hydrogens (tertiary/aromatic N) is 1. The van der Waals surface area contributed by atoms with E-state index in [0.29, 0.717) is 6.42 Å². The molecule has 0 saturated carbocycles. The lowest BCUT2D eigenvalue weighted by Crippen LogP contribution is -2.27. The van der Waals surface area contributed by atoms with Gasteiger partial charge in [-0.25, -0.2) is 21.9 Å². The largest absolute Gasteiger partial charge is 0.317 e. The molecule has 0 saturated heterocycles. The number of nitrogens with one attached hydrogen (secondary N) is 2. The van der Waals surface area contributed by atoms with Crippen LogP contribution in [0, 0.1) is 11.6 Å². The minimum absolute atomic E-state index is 0.0335. The molecule has 27 heavy (non-hydrogen) atoms. The quantitative estimate of drug-likeness (QED) is 0.671. The van der Waals surface area contributed by atoms with E-state index in [1.54, 1.807) is 0 Å². The van der Waals surface area contributed by atoms with Crippen LogP contribution in [0.5, 0.6) is 0 Å². The number of amides is 1. The molecule has 0 bridgehead atoms. The minimum atomic E-state index is -3.80. The van der Waals surface area contributed by atoms with Crippen molar-refractivity contribution in [3.8, 4) is 0 Å². The first-order valence-corrected chi connectivity index (χ1v) is 9.69. The van der Waals surface area contributed by atoms with Gasteiger partial charge in [-0.05, 0) is 57.4 Å². The van der Waals surface area contributed by atoms with E-state index in [2.05, 4.69) is 10.0 Å². The molecule has 0 aliphatic carbocycles. The van der Waals surface area contributed by atoms with Crippen LogP contribution in [0.15, 0.2) is 47.4 Å². The van der Waals surface area contributed by atoms with Crippen molar-refractivity contribution in [2.24, 2.45) is 0 Å². The lowest BCUT2D eigenvalue weighted by atomic mass is 10.2. The summed E-state index contributed by atoms with van der Waals surface area (Å²) in [6.45, 7) is 0.969. The molecular weight excluding hydrogens is 376 g/mol. The average Bonchev–Trinajstić information content (AvgIpc) is 2.62. The van der Waals surface area contributed by atoms with Gasteiger partial charge in [0, 0.05) is 12.1 Å². The van der Waals surface area contributed by atoms with Crippen LogP contribution < -0.4 is 10.0 Å². The van der Waals surface area contributed by atoms with Crippen LogP contribution in [0.4, 0.5) is 14.5 Å². The summed E-state index contributed by atoms with van der Waals surface area (Å²) in [5, 5.41) is 2.13. The Morgan fingerprint density at radius 1 is 1.07 bits per heavy atom. The van der Waals surface area contributed by atoms with Crippen LogP contribution in [0.3, 0.4) is 0 Å². The lowest BCUT2D eigenvalue weighted by Gasteiger charge is -2.11. The van der Waals surface area contributed by atoms with Gasteiger partial charge in [-0.1, -0.05) is 12.1 Å². The third kappa shape index (κ3) is 5.81. The van der Waals surface area contributed by atoms with Crippen molar-refractivity contribution < 1.29 is 22.0 Å². The summed E-state index contributed by atoms with van der Waals surface area (Å²) in [6, 6.07) is 8.45. The molecule has 0 aromatic heterocycles. The molecule has 2 rings (SSSR count). The van der Waals surface area contributed by atoms with Crippen molar-refractivity contribution in [1.82, 2.24) is 9.62 Å². The van der Waals surface area contributed by atoms with Gasteiger partial charge in [-0.3, -0.25) is 4.79 Å². The fourth-order valence-electron chi connectivity index (χ4n) is 2.29. The normalized spacial score (nSPS) is 11.6. The molecule has 2 aromatic carbocycles. The fourth-order valence-corrected chi connectivity index (χ4v) is 3.41. The molecule has 2 aromatic rings. The van der Waals surface area contributed by atoms with E-state index in [0.717, 1.165) is 24.7 Å². The predicted molar refractivity (Wildman–Crippen MR) is 99.1 cm³/mol. The lowest BCUT2D eigenvalue weighted by molar-refractivity contribution is 0.102. The van der Waals surface area contributed by atoms with E-state index >= 15 is 0 Å². The SMILES string of the molecule is CN(C)CCCNS(=O)(=O)c1cccc(C(=O)Nc2c(F)cccc2F)c1. The van der Waals surface area contributed by atoms with Gasteiger partial charge < -0.3 is 10.2 Å². The molecule has 9 heteroatoms. The van der Waals surface area contributed by atoms with Crippen molar-refractivity contribution in [3.63, 3.8) is 0 Å². The van der Waals surface area contributed by atoms with Gasteiger partial charge in [0.05, 0.1) is 4.90 Å². The van der Waals surface area contributed by atoms with Gasteiger partial charge in [0.15, 0.2) is 0 Å². The van der Waals surface area contributed by atoms with Crippen molar-refractivity contribution in [2.45, 2.75) is 11.3 Å². The second-order valence-electron chi connectivity index (χ2n) is 6.13. The van der Waals surface area contributed by atoms with Gasteiger partial charge in [0.2, 0.25) is 10.0 Å². The Kier molecular flexibility index (Phi) is 7.00. The maximum absolute atomic E-state index is 13.7. The molecule has 0 aliphatic rings. The van der Waals surface area contributed by atoms with Crippen LogP contribution in [-0.2, 0) is 10.0 Å². The zero-order valence-electron chi connectivity index (χ0n) is 15.0. The fraction of sp³-hybridized carbons (Fsp3) is 0.278. The van der Waals surface area contributed by atoms with Crippen LogP contribution >= 0.6 is 0 Å². The molecule has 0 radical (unpaired) electrons. The Bertz CT molecular complexity index is 898. The van der Waals surface area contributed by atoms with E-state index < -0.39 is 33.3 Å². The van der Waals surface area contributed by atoms with E-state index in [9.17, 15) is 22.0 Å². The number of anilines is 1. The monoisotopic (exact) mass is 397 g/mol. The second-order valence-corrected chi connectivity index (χ2v) is 7.90. The molecule has 2 N–H and O–H groups in total. The Labute approximate surface area is 157 Å². The molecule has 0 spiro atoms. The maximum Gasteiger partial charge on any atom is 0.255 e. The van der Waals surface area contributed by atoms with Crippen LogP contribution in [0.2, 0.25) is 0 Å². The number of rotatable bonds is 8. The first-order chi connectivity index (χ1) is 12.7. The zero-order valence-corrected chi connectivity index (χ0v) is 15.8. The highest BCUT2D eigenvalue weighted by molar-refractivity contribution is 7.89. The summed E-state index contributed by atoms with van der Waals surface area (Å²) in [6.07, 6.45) is 0.624. The molecule has 0 heterocycles. The molecule has 1 amide bonds. The standard InChI is InChI=1S/C18H21F2N3O3S/c1-23(2)11-5-10-21-27(25,26)14-7-3-6-13(12-14)18(24)22-17-15(19)8-4-9-16(17)20/h3-4,6-9,12,21H,5,10-11H2,1-2H3,(H,22,24). The van der Waals surface area contributed by atoms with Crippen molar-refractivity contribution in [1.29, 1.82) is 0 Å². The highest BCUT2D eigenvalue weighted by Crippen LogP contribution is 2.20. The molecule has 146 valence electrons. The van der Waals surface area contributed by atoms with Crippen molar-refractivity contribution in [3.05, 3.63) is 59.7 Å². The van der Waals surface area contributed by atoms with Crippen LogP contribution in [0.25, 0.3) is 0 Å². The second kappa shape index (κ2) is 9.03. The maximum atomic E-state index is 13.7. The Hall–Kier alpha value is -2.36. The van der Waals surface area contributed by atoms with Gasteiger partial charge >= 0.3 is 0 Å². The van der Waals surface area contributed by atoms with Crippen LogP contribution in [0.1, 0.15) is 16.8 Å². The van der Waals surface area contributed by atoms with Gasteiger partial charge in [-0.15, -0.1) is 0 Å². The summed E-state index contributed by atoms with van der Waals surface area (Å²) < 4.78 is 54.5. The molecule has 0 aliphatic heterocycles. The number of benzene rings is 2. The first kappa shape index (κ1) is 20.9. The smallest absolute Gasteiger partial charge is 0.255 e. The topological polar surface area (TPSA) is 78.5 Å². The van der Waals surface area contributed by atoms with E-state index in [1.807, 2.05) is 19.0 Å². The molecule has 0 fully saturated rings. The molecule has 0 unspecified atom stereocenters. The Balaban J connectivity index is 2.13.